The first-order valence-corrected chi connectivity index (χ1v) is 9.07. The van der Waals surface area contributed by atoms with E-state index in [9.17, 15) is 9.90 Å². The number of carbonyl (C=O) groups is 1. The van der Waals surface area contributed by atoms with Gasteiger partial charge in [0.2, 0.25) is 0 Å². The molecular weight excluding hydrogens is 352 g/mol. The standard InChI is InChI=1S/C22H20N4O2/c1-21(2)10-11-22(28,20(21)27)9-8-14-4-3-5-15(12-14)16-6-7-17-18(26-16)19(23)25-13-24-17/h3-7,12-13,28H,10-11H2,1-2H3,(H2,23,24,25)/t22-/m0/s1. The lowest BCUT2D eigenvalue weighted by Crippen LogP contribution is -2.37. The van der Waals surface area contributed by atoms with Gasteiger partial charge in [0.25, 0.3) is 0 Å². The van der Waals surface area contributed by atoms with Gasteiger partial charge in [-0.05, 0) is 37.1 Å². The van der Waals surface area contributed by atoms with Crippen molar-refractivity contribution in [3.8, 4) is 23.1 Å². The number of ketones is 1. The summed E-state index contributed by atoms with van der Waals surface area (Å²) in [4.78, 5) is 25.1. The molecule has 1 fully saturated rings. The van der Waals surface area contributed by atoms with Crippen molar-refractivity contribution in [2.24, 2.45) is 5.41 Å². The average Bonchev–Trinajstić information content (AvgIpc) is 2.90. The van der Waals surface area contributed by atoms with Gasteiger partial charge in [-0.15, -0.1) is 0 Å². The predicted molar refractivity (Wildman–Crippen MR) is 107 cm³/mol. The van der Waals surface area contributed by atoms with E-state index < -0.39 is 11.0 Å². The summed E-state index contributed by atoms with van der Waals surface area (Å²) >= 11 is 0. The molecule has 0 bridgehead atoms. The van der Waals surface area contributed by atoms with Crippen LogP contribution in [0.1, 0.15) is 32.3 Å². The minimum atomic E-state index is -1.58. The largest absolute Gasteiger partial charge is 0.382 e. The topological polar surface area (TPSA) is 102 Å². The lowest BCUT2D eigenvalue weighted by Gasteiger charge is -2.18. The second-order valence-corrected chi connectivity index (χ2v) is 7.73. The van der Waals surface area contributed by atoms with Crippen LogP contribution in [0.2, 0.25) is 0 Å². The number of carbonyl (C=O) groups excluding carboxylic acids is 1. The van der Waals surface area contributed by atoms with E-state index >= 15 is 0 Å². The summed E-state index contributed by atoms with van der Waals surface area (Å²) in [7, 11) is 0. The van der Waals surface area contributed by atoms with E-state index in [1.165, 1.54) is 6.33 Å². The van der Waals surface area contributed by atoms with E-state index in [0.717, 1.165) is 11.3 Å². The number of anilines is 1. The number of hydrogen-bond donors (Lipinski definition) is 2. The molecule has 1 aromatic carbocycles. The Hall–Kier alpha value is -3.30. The first-order chi connectivity index (χ1) is 13.3. The zero-order valence-electron chi connectivity index (χ0n) is 15.7. The first kappa shape index (κ1) is 18.1. The van der Waals surface area contributed by atoms with Crippen LogP contribution in [-0.2, 0) is 4.79 Å². The van der Waals surface area contributed by atoms with Gasteiger partial charge in [0.05, 0.1) is 11.2 Å². The maximum absolute atomic E-state index is 12.4. The van der Waals surface area contributed by atoms with Gasteiger partial charge in [0.15, 0.2) is 17.2 Å². The van der Waals surface area contributed by atoms with E-state index in [1.54, 1.807) is 0 Å². The number of nitrogens with two attached hydrogens (primary N) is 1. The van der Waals surface area contributed by atoms with Gasteiger partial charge in [-0.25, -0.2) is 15.0 Å². The fourth-order valence-electron chi connectivity index (χ4n) is 3.45. The number of benzene rings is 1. The van der Waals surface area contributed by atoms with Crippen LogP contribution in [0.4, 0.5) is 5.82 Å². The Morgan fingerprint density at radius 2 is 1.96 bits per heavy atom. The molecule has 1 atom stereocenters. The van der Waals surface area contributed by atoms with E-state index in [2.05, 4.69) is 26.8 Å². The summed E-state index contributed by atoms with van der Waals surface area (Å²) in [5.74, 6) is 5.86. The van der Waals surface area contributed by atoms with Crippen molar-refractivity contribution in [3.63, 3.8) is 0 Å². The fraction of sp³-hybridized carbons (Fsp3) is 0.273. The number of aliphatic hydroxyl groups is 1. The lowest BCUT2D eigenvalue weighted by atomic mass is 9.87. The number of hydrogen-bond acceptors (Lipinski definition) is 6. The molecule has 3 N–H and O–H groups in total. The van der Waals surface area contributed by atoms with Crippen molar-refractivity contribution in [1.29, 1.82) is 0 Å². The molecule has 3 aromatic rings. The maximum atomic E-state index is 12.4. The van der Waals surface area contributed by atoms with Crippen molar-refractivity contribution in [3.05, 3.63) is 48.3 Å². The van der Waals surface area contributed by atoms with E-state index in [4.69, 9.17) is 5.73 Å². The quantitative estimate of drug-likeness (QED) is 0.637. The van der Waals surface area contributed by atoms with E-state index in [0.29, 0.717) is 35.3 Å². The zero-order chi connectivity index (χ0) is 19.9. The zero-order valence-corrected chi connectivity index (χ0v) is 15.7. The highest BCUT2D eigenvalue weighted by Gasteiger charge is 2.50. The van der Waals surface area contributed by atoms with Crippen LogP contribution in [0, 0.1) is 17.3 Å². The third-order valence-corrected chi connectivity index (χ3v) is 5.18. The van der Waals surface area contributed by atoms with Gasteiger partial charge in [-0.2, -0.15) is 0 Å². The second-order valence-electron chi connectivity index (χ2n) is 7.73. The van der Waals surface area contributed by atoms with Crippen molar-refractivity contribution in [2.75, 3.05) is 5.73 Å². The van der Waals surface area contributed by atoms with E-state index in [1.807, 2.05) is 50.2 Å². The fourth-order valence-corrected chi connectivity index (χ4v) is 3.45. The van der Waals surface area contributed by atoms with Crippen LogP contribution >= 0.6 is 0 Å². The predicted octanol–water partition coefficient (Wildman–Crippen LogP) is 2.75. The number of Topliss-reactive ketones (excluding diaryl/α,β-unsaturated/α-hetero) is 1. The number of aromatic nitrogens is 3. The molecule has 2 aromatic heterocycles. The number of rotatable bonds is 1. The van der Waals surface area contributed by atoms with Crippen LogP contribution in [0.25, 0.3) is 22.3 Å². The molecule has 0 amide bonds. The summed E-state index contributed by atoms with van der Waals surface area (Å²) < 4.78 is 0. The monoisotopic (exact) mass is 372 g/mol. The Kier molecular flexibility index (Phi) is 4.13. The third kappa shape index (κ3) is 3.10. The molecule has 28 heavy (non-hydrogen) atoms. The van der Waals surface area contributed by atoms with Gasteiger partial charge in [0, 0.05) is 16.5 Å². The van der Waals surface area contributed by atoms with Gasteiger partial charge in [-0.1, -0.05) is 37.8 Å². The Morgan fingerprint density at radius 1 is 1.14 bits per heavy atom. The van der Waals surface area contributed by atoms with Crippen LogP contribution < -0.4 is 5.73 Å². The number of fused-ring (bicyclic) bond motifs is 1. The summed E-state index contributed by atoms with van der Waals surface area (Å²) in [5, 5.41) is 10.6. The Labute approximate surface area is 162 Å². The number of nitrogens with zero attached hydrogens (tertiary/aromatic N) is 3. The smallest absolute Gasteiger partial charge is 0.185 e. The van der Waals surface area contributed by atoms with Crippen molar-refractivity contribution < 1.29 is 9.90 Å². The van der Waals surface area contributed by atoms with Gasteiger partial charge in [0.1, 0.15) is 11.8 Å². The molecule has 1 aliphatic rings. The van der Waals surface area contributed by atoms with Gasteiger partial charge < -0.3 is 10.8 Å². The summed E-state index contributed by atoms with van der Waals surface area (Å²) in [5.41, 5.74) is 7.27. The highest BCUT2D eigenvalue weighted by Crippen LogP contribution is 2.39. The van der Waals surface area contributed by atoms with Crippen molar-refractivity contribution >= 4 is 22.6 Å². The second kappa shape index (κ2) is 6.39. The van der Waals surface area contributed by atoms with Gasteiger partial charge in [-0.3, -0.25) is 4.79 Å². The lowest BCUT2D eigenvalue weighted by molar-refractivity contribution is -0.135. The molecule has 0 aliphatic heterocycles. The summed E-state index contributed by atoms with van der Waals surface area (Å²) in [6.45, 7) is 3.69. The summed E-state index contributed by atoms with van der Waals surface area (Å²) in [6.07, 6.45) is 2.39. The number of pyridine rings is 1. The van der Waals surface area contributed by atoms with Crippen LogP contribution in [0.5, 0.6) is 0 Å². The summed E-state index contributed by atoms with van der Waals surface area (Å²) in [6, 6.07) is 11.2. The van der Waals surface area contributed by atoms with Crippen molar-refractivity contribution in [2.45, 2.75) is 32.3 Å². The first-order valence-electron chi connectivity index (χ1n) is 9.07. The molecule has 1 saturated carbocycles. The molecule has 1 aliphatic carbocycles. The molecule has 140 valence electrons. The minimum absolute atomic E-state index is 0.213. The van der Waals surface area contributed by atoms with E-state index in [-0.39, 0.29) is 5.78 Å². The molecule has 6 nitrogen and oxygen atoms in total. The third-order valence-electron chi connectivity index (χ3n) is 5.18. The molecule has 0 saturated heterocycles. The SMILES string of the molecule is CC1(C)CC[C@@](O)(C#Cc2cccc(-c3ccc4ncnc(N)c4n3)c2)C1=O. The van der Waals surface area contributed by atoms with Crippen LogP contribution in [0.3, 0.4) is 0 Å². The molecule has 0 radical (unpaired) electrons. The molecule has 4 rings (SSSR count). The average molecular weight is 372 g/mol. The normalized spacial score (nSPS) is 20.8. The maximum Gasteiger partial charge on any atom is 0.185 e. The molecular formula is C22H20N4O2. The van der Waals surface area contributed by atoms with Gasteiger partial charge >= 0.3 is 0 Å². The molecule has 6 heteroatoms. The van der Waals surface area contributed by atoms with Crippen molar-refractivity contribution in [1.82, 2.24) is 15.0 Å². The van der Waals surface area contributed by atoms with Crippen LogP contribution in [0.15, 0.2) is 42.7 Å². The number of nitrogen functional groups attached to an aromatic ring is 1. The Bertz CT molecular complexity index is 1160. The molecule has 2 heterocycles. The Morgan fingerprint density at radius 3 is 2.71 bits per heavy atom. The molecule has 0 spiro atoms. The highest BCUT2D eigenvalue weighted by atomic mass is 16.3. The minimum Gasteiger partial charge on any atom is -0.382 e. The van der Waals surface area contributed by atoms with Crippen LogP contribution in [-0.4, -0.2) is 31.4 Å². The Balaban J connectivity index is 1.69. The molecule has 0 unspecified atom stereocenters. The highest BCUT2D eigenvalue weighted by molar-refractivity contribution is 5.97.